The molecule has 7 nitrogen and oxygen atoms in total. The van der Waals surface area contributed by atoms with Crippen LogP contribution < -0.4 is 15.4 Å². The molecule has 0 saturated carbocycles. The molecule has 4 amide bonds. The number of nitrogens with zero attached hydrogens (tertiary/aromatic N) is 1. The van der Waals surface area contributed by atoms with Gasteiger partial charge in [-0.1, -0.05) is 30.3 Å². The van der Waals surface area contributed by atoms with E-state index in [4.69, 9.17) is 4.74 Å². The van der Waals surface area contributed by atoms with Crippen LogP contribution in [0.25, 0.3) is 0 Å². The molecule has 0 bridgehead atoms. The summed E-state index contributed by atoms with van der Waals surface area (Å²) in [6.07, 6.45) is 0. The van der Waals surface area contributed by atoms with Gasteiger partial charge in [0.15, 0.2) is 0 Å². The van der Waals surface area contributed by atoms with E-state index in [2.05, 4.69) is 10.6 Å². The minimum atomic E-state index is -1.18. The van der Waals surface area contributed by atoms with Crippen LogP contribution in [-0.4, -0.2) is 35.9 Å². The Balaban J connectivity index is 1.67. The maximum Gasteiger partial charge on any atom is 0.325 e. The number of urea groups is 1. The van der Waals surface area contributed by atoms with E-state index in [0.717, 1.165) is 4.90 Å². The number of benzene rings is 2. The van der Waals surface area contributed by atoms with Gasteiger partial charge in [0.05, 0.1) is 6.61 Å². The highest BCUT2D eigenvalue weighted by Crippen LogP contribution is 2.28. The van der Waals surface area contributed by atoms with E-state index >= 15 is 0 Å². The highest BCUT2D eigenvalue weighted by molar-refractivity contribution is 6.10. The quantitative estimate of drug-likeness (QED) is 0.768. The summed E-state index contributed by atoms with van der Waals surface area (Å²) in [6.45, 7) is 3.71. The zero-order valence-corrected chi connectivity index (χ0v) is 15.2. The second-order valence-electron chi connectivity index (χ2n) is 6.32. The Kier molecular flexibility index (Phi) is 5.12. The number of hydrogen-bond donors (Lipinski definition) is 2. The molecule has 0 unspecified atom stereocenters. The van der Waals surface area contributed by atoms with Crippen molar-refractivity contribution in [3.8, 4) is 5.75 Å². The van der Waals surface area contributed by atoms with Crippen molar-refractivity contribution in [3.05, 3.63) is 60.2 Å². The Bertz CT molecular complexity index is 851. The first-order chi connectivity index (χ1) is 12.9. The van der Waals surface area contributed by atoms with Crippen LogP contribution in [-0.2, 0) is 15.1 Å². The molecule has 1 aliphatic heterocycles. The number of ether oxygens (including phenoxy) is 1. The van der Waals surface area contributed by atoms with Crippen LogP contribution in [0.3, 0.4) is 0 Å². The van der Waals surface area contributed by atoms with E-state index in [9.17, 15) is 14.4 Å². The molecule has 1 fully saturated rings. The first-order valence-corrected chi connectivity index (χ1v) is 8.66. The monoisotopic (exact) mass is 367 g/mol. The SMILES string of the molecule is CCOc1ccc(NC(=O)CN2C(=O)N[C@@](C)(c3ccccc3)C2=O)cc1. The van der Waals surface area contributed by atoms with Gasteiger partial charge in [0.25, 0.3) is 5.91 Å². The normalized spacial score (nSPS) is 19.0. The third kappa shape index (κ3) is 3.76. The van der Waals surface area contributed by atoms with E-state index in [-0.39, 0.29) is 6.54 Å². The van der Waals surface area contributed by atoms with E-state index < -0.39 is 23.4 Å². The molecule has 0 aliphatic carbocycles. The molecule has 1 aliphatic rings. The Hall–Kier alpha value is -3.35. The lowest BCUT2D eigenvalue weighted by Gasteiger charge is -2.22. The topological polar surface area (TPSA) is 87.7 Å². The van der Waals surface area contributed by atoms with Crippen LogP contribution in [0.5, 0.6) is 5.75 Å². The summed E-state index contributed by atoms with van der Waals surface area (Å²) in [5.74, 6) is -0.219. The Labute approximate surface area is 157 Å². The minimum absolute atomic E-state index is 0.361. The summed E-state index contributed by atoms with van der Waals surface area (Å²) in [5, 5.41) is 5.36. The highest BCUT2D eigenvalue weighted by atomic mass is 16.5. The summed E-state index contributed by atoms with van der Waals surface area (Å²) in [6, 6.07) is 15.2. The van der Waals surface area contributed by atoms with E-state index in [0.29, 0.717) is 23.6 Å². The Morgan fingerprint density at radius 1 is 1.11 bits per heavy atom. The van der Waals surface area contributed by atoms with Gasteiger partial charge in [-0.05, 0) is 43.7 Å². The number of rotatable bonds is 6. The molecule has 1 heterocycles. The van der Waals surface area contributed by atoms with Crippen molar-refractivity contribution in [2.45, 2.75) is 19.4 Å². The number of nitrogens with one attached hydrogen (secondary N) is 2. The van der Waals surface area contributed by atoms with Crippen molar-refractivity contribution in [2.75, 3.05) is 18.5 Å². The summed E-state index contributed by atoms with van der Waals surface area (Å²) in [7, 11) is 0. The number of anilines is 1. The lowest BCUT2D eigenvalue weighted by Crippen LogP contribution is -2.42. The predicted octanol–water partition coefficient (Wildman–Crippen LogP) is 2.49. The zero-order valence-electron chi connectivity index (χ0n) is 15.2. The number of imide groups is 1. The average Bonchev–Trinajstić information content (AvgIpc) is 2.88. The zero-order chi connectivity index (χ0) is 19.4. The van der Waals surface area contributed by atoms with Crippen LogP contribution in [0.4, 0.5) is 10.5 Å². The summed E-state index contributed by atoms with van der Waals surface area (Å²) >= 11 is 0. The second kappa shape index (κ2) is 7.49. The lowest BCUT2D eigenvalue weighted by atomic mass is 9.92. The van der Waals surface area contributed by atoms with Gasteiger partial charge in [0.2, 0.25) is 5.91 Å². The van der Waals surface area contributed by atoms with E-state index in [1.807, 2.05) is 13.0 Å². The molecule has 0 spiro atoms. The standard InChI is InChI=1S/C20H21N3O4/c1-3-27-16-11-9-15(10-12-16)21-17(24)13-23-18(25)20(2,22-19(23)26)14-7-5-4-6-8-14/h4-12H,3,13H2,1-2H3,(H,21,24)(H,22,26)/t20-/m0/s1. The molecule has 0 radical (unpaired) electrons. The van der Waals surface area contributed by atoms with Gasteiger partial charge < -0.3 is 15.4 Å². The molecule has 2 aromatic carbocycles. The minimum Gasteiger partial charge on any atom is -0.494 e. The van der Waals surface area contributed by atoms with Gasteiger partial charge in [-0.3, -0.25) is 14.5 Å². The fourth-order valence-corrected chi connectivity index (χ4v) is 2.95. The van der Waals surface area contributed by atoms with Crippen molar-refractivity contribution in [2.24, 2.45) is 0 Å². The smallest absolute Gasteiger partial charge is 0.325 e. The number of amides is 4. The Morgan fingerprint density at radius 3 is 2.41 bits per heavy atom. The van der Waals surface area contributed by atoms with Crippen molar-refractivity contribution >= 4 is 23.5 Å². The van der Waals surface area contributed by atoms with E-state index in [1.165, 1.54) is 0 Å². The van der Waals surface area contributed by atoms with E-state index in [1.54, 1.807) is 55.5 Å². The van der Waals surface area contributed by atoms with Crippen LogP contribution in [0.2, 0.25) is 0 Å². The van der Waals surface area contributed by atoms with Crippen LogP contribution in [0.15, 0.2) is 54.6 Å². The highest BCUT2D eigenvalue weighted by Gasteiger charge is 2.49. The molecule has 27 heavy (non-hydrogen) atoms. The van der Waals surface area contributed by atoms with Crippen molar-refractivity contribution in [1.29, 1.82) is 0 Å². The lowest BCUT2D eigenvalue weighted by molar-refractivity contribution is -0.133. The van der Waals surface area contributed by atoms with Gasteiger partial charge in [-0.2, -0.15) is 0 Å². The van der Waals surface area contributed by atoms with Gasteiger partial charge >= 0.3 is 6.03 Å². The second-order valence-corrected chi connectivity index (χ2v) is 6.32. The fraction of sp³-hybridized carbons (Fsp3) is 0.250. The fourth-order valence-electron chi connectivity index (χ4n) is 2.95. The van der Waals surface area contributed by atoms with Gasteiger partial charge in [0.1, 0.15) is 17.8 Å². The van der Waals surface area contributed by atoms with Crippen LogP contribution in [0.1, 0.15) is 19.4 Å². The van der Waals surface area contributed by atoms with Crippen LogP contribution in [0, 0.1) is 0 Å². The molecular weight excluding hydrogens is 346 g/mol. The van der Waals surface area contributed by atoms with Crippen molar-refractivity contribution < 1.29 is 19.1 Å². The molecular formula is C20H21N3O4. The first kappa shape index (κ1) is 18.4. The van der Waals surface area contributed by atoms with Gasteiger partial charge in [0, 0.05) is 5.69 Å². The first-order valence-electron chi connectivity index (χ1n) is 8.66. The molecule has 2 aromatic rings. The van der Waals surface area contributed by atoms with Crippen molar-refractivity contribution in [3.63, 3.8) is 0 Å². The van der Waals surface area contributed by atoms with Gasteiger partial charge in [-0.25, -0.2) is 4.79 Å². The molecule has 7 heteroatoms. The molecule has 3 rings (SSSR count). The summed E-state index contributed by atoms with van der Waals surface area (Å²) in [5.41, 5.74) is 0.0386. The summed E-state index contributed by atoms with van der Waals surface area (Å²) < 4.78 is 5.35. The number of hydrogen-bond acceptors (Lipinski definition) is 4. The molecule has 1 saturated heterocycles. The van der Waals surface area contributed by atoms with Crippen LogP contribution >= 0.6 is 0 Å². The molecule has 0 aromatic heterocycles. The predicted molar refractivity (Wildman–Crippen MR) is 100 cm³/mol. The summed E-state index contributed by atoms with van der Waals surface area (Å²) in [4.78, 5) is 38.3. The molecule has 1 atom stereocenters. The molecule has 2 N–H and O–H groups in total. The average molecular weight is 367 g/mol. The Morgan fingerprint density at radius 2 is 1.78 bits per heavy atom. The van der Waals surface area contributed by atoms with Gasteiger partial charge in [-0.15, -0.1) is 0 Å². The maximum absolute atomic E-state index is 12.8. The molecule has 140 valence electrons. The number of carbonyl (C=O) groups excluding carboxylic acids is 3. The van der Waals surface area contributed by atoms with Crippen molar-refractivity contribution in [1.82, 2.24) is 10.2 Å². The maximum atomic E-state index is 12.8. The third-order valence-electron chi connectivity index (χ3n) is 4.38. The largest absolute Gasteiger partial charge is 0.494 e. The third-order valence-corrected chi connectivity index (χ3v) is 4.38. The number of carbonyl (C=O) groups is 3.